The van der Waals surface area contributed by atoms with E-state index in [1.54, 1.807) is 24.3 Å². The summed E-state index contributed by atoms with van der Waals surface area (Å²) in [5, 5.41) is 0.823. The molecular formula is C12H7ClN2O3. The van der Waals surface area contributed by atoms with E-state index < -0.39 is 11.2 Å². The number of nitrogens with zero attached hydrogens (tertiary/aromatic N) is 1. The lowest BCUT2D eigenvalue weighted by molar-refractivity contribution is 0.528. The van der Waals surface area contributed by atoms with Gasteiger partial charge >= 0.3 is 5.69 Å². The highest BCUT2D eigenvalue weighted by molar-refractivity contribution is 6.31. The van der Waals surface area contributed by atoms with Crippen LogP contribution >= 0.6 is 11.6 Å². The lowest BCUT2D eigenvalue weighted by atomic mass is 10.2. The van der Waals surface area contributed by atoms with E-state index >= 15 is 0 Å². The van der Waals surface area contributed by atoms with Gasteiger partial charge in [-0.1, -0.05) is 11.6 Å². The van der Waals surface area contributed by atoms with E-state index in [0.717, 1.165) is 4.57 Å². The highest BCUT2D eigenvalue weighted by Gasteiger charge is 2.11. The van der Waals surface area contributed by atoms with Crippen LogP contribution in [0.15, 0.2) is 50.6 Å². The van der Waals surface area contributed by atoms with E-state index in [0.29, 0.717) is 15.9 Å². The lowest BCUT2D eigenvalue weighted by Crippen LogP contribution is -2.33. The molecule has 6 heteroatoms. The third kappa shape index (κ3) is 1.56. The van der Waals surface area contributed by atoms with Gasteiger partial charge in [-0.15, -0.1) is 0 Å². The van der Waals surface area contributed by atoms with Crippen LogP contribution in [0.1, 0.15) is 0 Å². The van der Waals surface area contributed by atoms with Gasteiger partial charge in [-0.2, -0.15) is 4.57 Å². The average Bonchev–Trinajstić information content (AvgIpc) is 2.82. The first kappa shape index (κ1) is 10.9. The molecule has 3 aromatic rings. The number of benzene rings is 1. The monoisotopic (exact) mass is 262 g/mol. The summed E-state index contributed by atoms with van der Waals surface area (Å²) in [6, 6.07) is 7.84. The van der Waals surface area contributed by atoms with E-state index in [1.165, 1.54) is 12.3 Å². The van der Waals surface area contributed by atoms with Gasteiger partial charge in [0.05, 0.1) is 17.2 Å². The van der Waals surface area contributed by atoms with Gasteiger partial charge < -0.3 is 9.40 Å². The number of fused-ring (bicyclic) bond motifs is 1. The van der Waals surface area contributed by atoms with Gasteiger partial charge in [-0.05, 0) is 24.3 Å². The summed E-state index contributed by atoms with van der Waals surface area (Å²) in [5.74, 6) is 0.179. The largest absolute Gasteiger partial charge is 0.448 e. The average molecular weight is 263 g/mol. The molecule has 0 unspecified atom stereocenters. The number of nitrogens with one attached hydrogen (secondary N) is 1. The molecule has 0 radical (unpaired) electrons. The van der Waals surface area contributed by atoms with E-state index in [1.807, 2.05) is 0 Å². The first-order valence-electron chi connectivity index (χ1n) is 5.15. The molecule has 0 saturated heterocycles. The molecule has 0 aliphatic heterocycles. The van der Waals surface area contributed by atoms with E-state index in [-0.39, 0.29) is 5.88 Å². The summed E-state index contributed by atoms with van der Waals surface area (Å²) < 4.78 is 6.01. The first-order valence-corrected chi connectivity index (χ1v) is 5.53. The predicted molar refractivity (Wildman–Crippen MR) is 67.4 cm³/mol. The van der Waals surface area contributed by atoms with E-state index in [2.05, 4.69) is 4.98 Å². The zero-order valence-electron chi connectivity index (χ0n) is 9.01. The Morgan fingerprint density at radius 1 is 1.22 bits per heavy atom. The Morgan fingerprint density at radius 3 is 2.78 bits per heavy atom. The Balaban J connectivity index is 2.46. The summed E-state index contributed by atoms with van der Waals surface area (Å²) in [7, 11) is 0. The second kappa shape index (κ2) is 3.89. The minimum absolute atomic E-state index is 0.179. The summed E-state index contributed by atoms with van der Waals surface area (Å²) in [6.07, 6.45) is 1.40. The predicted octanol–water partition coefficient (Wildman–Crippen LogP) is 1.93. The number of hydrogen-bond donors (Lipinski definition) is 1. The quantitative estimate of drug-likeness (QED) is 0.728. The van der Waals surface area contributed by atoms with Crippen molar-refractivity contribution in [1.82, 2.24) is 9.55 Å². The minimum Gasteiger partial charge on any atom is -0.448 e. The highest BCUT2D eigenvalue weighted by atomic mass is 35.5. The van der Waals surface area contributed by atoms with Gasteiger partial charge in [0.25, 0.3) is 5.56 Å². The topological polar surface area (TPSA) is 68.0 Å². The Hall–Kier alpha value is -2.27. The zero-order valence-corrected chi connectivity index (χ0v) is 9.77. The second-order valence-electron chi connectivity index (χ2n) is 3.71. The zero-order chi connectivity index (χ0) is 12.7. The van der Waals surface area contributed by atoms with Crippen molar-refractivity contribution < 1.29 is 4.42 Å². The van der Waals surface area contributed by atoms with Gasteiger partial charge in [0.15, 0.2) is 0 Å². The molecular weight excluding hydrogens is 256 g/mol. The fraction of sp³-hybridized carbons (Fsp3) is 0. The van der Waals surface area contributed by atoms with Gasteiger partial charge in [0.2, 0.25) is 5.88 Å². The maximum atomic E-state index is 12.2. The maximum Gasteiger partial charge on any atom is 0.335 e. The van der Waals surface area contributed by atoms with Gasteiger partial charge in [-0.3, -0.25) is 4.79 Å². The van der Waals surface area contributed by atoms with Gasteiger partial charge in [0, 0.05) is 11.1 Å². The third-order valence-electron chi connectivity index (χ3n) is 2.59. The fourth-order valence-electron chi connectivity index (χ4n) is 1.79. The molecule has 5 nitrogen and oxygen atoms in total. The molecule has 0 aliphatic carbocycles. The molecule has 18 heavy (non-hydrogen) atoms. The summed E-state index contributed by atoms with van der Waals surface area (Å²) in [4.78, 5) is 26.7. The van der Waals surface area contributed by atoms with E-state index in [9.17, 15) is 9.59 Å². The lowest BCUT2D eigenvalue weighted by Gasteiger charge is -2.03. The molecule has 0 fully saturated rings. The third-order valence-corrected chi connectivity index (χ3v) is 2.82. The number of halogens is 1. The molecule has 2 aromatic heterocycles. The molecule has 0 bridgehead atoms. The number of furan rings is 1. The number of aromatic nitrogens is 2. The Kier molecular flexibility index (Phi) is 2.34. The van der Waals surface area contributed by atoms with Crippen molar-refractivity contribution in [2.24, 2.45) is 0 Å². The van der Waals surface area contributed by atoms with Crippen molar-refractivity contribution in [2.45, 2.75) is 0 Å². The number of hydrogen-bond acceptors (Lipinski definition) is 3. The molecule has 0 atom stereocenters. The van der Waals surface area contributed by atoms with Crippen LogP contribution in [0.5, 0.6) is 0 Å². The van der Waals surface area contributed by atoms with E-state index in [4.69, 9.17) is 16.0 Å². The Bertz CT molecular complexity index is 831. The summed E-state index contributed by atoms with van der Waals surface area (Å²) in [6.45, 7) is 0. The van der Waals surface area contributed by atoms with Crippen molar-refractivity contribution in [3.63, 3.8) is 0 Å². The SMILES string of the molecule is O=c1[nH]c2cc(Cl)ccc2c(=O)n1-c1ccco1. The smallest absolute Gasteiger partial charge is 0.335 e. The van der Waals surface area contributed by atoms with Crippen molar-refractivity contribution in [3.8, 4) is 5.88 Å². The van der Waals surface area contributed by atoms with Crippen LogP contribution in [0.4, 0.5) is 0 Å². The van der Waals surface area contributed by atoms with Crippen LogP contribution in [0.3, 0.4) is 0 Å². The summed E-state index contributed by atoms with van der Waals surface area (Å²) in [5.41, 5.74) is -0.606. The molecule has 2 heterocycles. The van der Waals surface area contributed by atoms with Crippen molar-refractivity contribution >= 4 is 22.5 Å². The Morgan fingerprint density at radius 2 is 2.06 bits per heavy atom. The Labute approximate surface area is 105 Å². The molecule has 3 rings (SSSR count). The molecule has 1 aromatic carbocycles. The molecule has 0 aliphatic rings. The number of aromatic amines is 1. The van der Waals surface area contributed by atoms with Crippen molar-refractivity contribution in [1.29, 1.82) is 0 Å². The van der Waals surface area contributed by atoms with Crippen LogP contribution in [-0.4, -0.2) is 9.55 Å². The standard InChI is InChI=1S/C12H7ClN2O3/c13-7-3-4-8-9(6-7)14-12(17)15(11(8)16)10-2-1-5-18-10/h1-6H,(H,14,17). The number of rotatable bonds is 1. The molecule has 0 spiro atoms. The van der Waals surface area contributed by atoms with Crippen LogP contribution in [0.25, 0.3) is 16.8 Å². The van der Waals surface area contributed by atoms with Crippen LogP contribution in [0.2, 0.25) is 5.02 Å². The van der Waals surface area contributed by atoms with Crippen molar-refractivity contribution in [3.05, 3.63) is 62.5 Å². The fourth-order valence-corrected chi connectivity index (χ4v) is 1.96. The molecule has 0 saturated carbocycles. The number of H-pyrrole nitrogens is 1. The summed E-state index contributed by atoms with van der Waals surface area (Å²) >= 11 is 5.81. The maximum absolute atomic E-state index is 12.2. The van der Waals surface area contributed by atoms with Gasteiger partial charge in [-0.25, -0.2) is 4.79 Å². The normalized spacial score (nSPS) is 10.9. The second-order valence-corrected chi connectivity index (χ2v) is 4.15. The van der Waals surface area contributed by atoms with Crippen molar-refractivity contribution in [2.75, 3.05) is 0 Å². The van der Waals surface area contributed by atoms with Crippen LogP contribution in [0, 0.1) is 0 Å². The highest BCUT2D eigenvalue weighted by Crippen LogP contribution is 2.14. The molecule has 1 N–H and O–H groups in total. The molecule has 0 amide bonds. The van der Waals surface area contributed by atoms with Gasteiger partial charge in [0.1, 0.15) is 0 Å². The minimum atomic E-state index is -0.565. The van der Waals surface area contributed by atoms with Crippen LogP contribution < -0.4 is 11.2 Å². The molecule has 90 valence electrons. The first-order chi connectivity index (χ1) is 8.66. The van der Waals surface area contributed by atoms with Crippen LogP contribution in [-0.2, 0) is 0 Å².